The van der Waals surface area contributed by atoms with Crippen molar-refractivity contribution in [3.8, 4) is 11.4 Å². The molecule has 0 radical (unpaired) electrons. The zero-order valence-electron chi connectivity index (χ0n) is 15.5. The van der Waals surface area contributed by atoms with E-state index in [1.165, 1.54) is 11.8 Å². The number of nitrogens with one attached hydrogen (secondary N) is 1. The number of aryl methyl sites for hydroxylation is 1. The van der Waals surface area contributed by atoms with Gasteiger partial charge in [-0.1, -0.05) is 23.7 Å². The molecule has 1 N–H and O–H groups in total. The van der Waals surface area contributed by atoms with Crippen LogP contribution in [0, 0.1) is 5.41 Å². The van der Waals surface area contributed by atoms with Crippen LogP contribution in [0.1, 0.15) is 36.9 Å². The summed E-state index contributed by atoms with van der Waals surface area (Å²) in [5.74, 6) is 1.77. The van der Waals surface area contributed by atoms with Gasteiger partial charge in [0.05, 0.1) is 5.75 Å². The van der Waals surface area contributed by atoms with Crippen molar-refractivity contribution in [2.24, 2.45) is 5.41 Å². The molecule has 0 atom stereocenters. The van der Waals surface area contributed by atoms with E-state index in [2.05, 4.69) is 5.32 Å². The topological polar surface area (TPSA) is 72.0 Å². The van der Waals surface area contributed by atoms with Gasteiger partial charge >= 0.3 is 0 Å². The Kier molecular flexibility index (Phi) is 4.89. The van der Waals surface area contributed by atoms with Crippen LogP contribution in [0.3, 0.4) is 0 Å². The van der Waals surface area contributed by atoms with E-state index in [9.17, 15) is 8.42 Å². The lowest BCUT2D eigenvalue weighted by atomic mass is 9.96. The van der Waals surface area contributed by atoms with Crippen molar-refractivity contribution in [1.29, 1.82) is 0 Å². The molecule has 0 bridgehead atoms. The molecule has 2 aromatic rings. The minimum absolute atomic E-state index is 0.143. The van der Waals surface area contributed by atoms with E-state index in [0.29, 0.717) is 17.4 Å². The molecule has 4 rings (SSSR count). The largest absolute Gasteiger partial charge is 0.369 e. The summed E-state index contributed by atoms with van der Waals surface area (Å²) < 4.78 is 23.5. The summed E-state index contributed by atoms with van der Waals surface area (Å²) in [5.41, 5.74) is 3.04. The third-order valence-corrected chi connectivity index (χ3v) is 6.79. The minimum atomic E-state index is -2.98. The molecular weight excluding hydrogens is 382 g/mol. The van der Waals surface area contributed by atoms with Crippen LogP contribution < -0.4 is 5.32 Å². The number of benzene rings is 1. The zero-order chi connectivity index (χ0) is 19.1. The molecule has 5 nitrogen and oxygen atoms in total. The molecular formula is C20H24ClN3O2S. The summed E-state index contributed by atoms with van der Waals surface area (Å²) in [7, 11) is -2.98. The molecule has 1 fully saturated rings. The predicted octanol–water partition coefficient (Wildman–Crippen LogP) is 3.91. The van der Waals surface area contributed by atoms with Crippen LogP contribution in [0.5, 0.6) is 0 Å². The molecule has 7 heteroatoms. The van der Waals surface area contributed by atoms with E-state index in [1.807, 2.05) is 24.3 Å². The van der Waals surface area contributed by atoms with E-state index in [-0.39, 0.29) is 11.2 Å². The Morgan fingerprint density at radius 2 is 1.96 bits per heavy atom. The first-order valence-electron chi connectivity index (χ1n) is 9.41. The minimum Gasteiger partial charge on any atom is -0.369 e. The van der Waals surface area contributed by atoms with Gasteiger partial charge in [-0.15, -0.1) is 0 Å². The van der Waals surface area contributed by atoms with Crippen LogP contribution in [-0.2, 0) is 22.7 Å². The first-order chi connectivity index (χ1) is 12.8. The number of nitrogens with zero attached hydrogens (tertiary/aromatic N) is 2. The Balaban J connectivity index is 1.64. The Morgan fingerprint density at radius 1 is 1.19 bits per heavy atom. The van der Waals surface area contributed by atoms with Crippen LogP contribution in [0.25, 0.3) is 11.4 Å². The van der Waals surface area contributed by atoms with Crippen LogP contribution in [0.15, 0.2) is 24.3 Å². The van der Waals surface area contributed by atoms with Gasteiger partial charge in [0.2, 0.25) is 0 Å². The number of hydrogen-bond acceptors (Lipinski definition) is 5. The molecule has 144 valence electrons. The van der Waals surface area contributed by atoms with Crippen molar-refractivity contribution >= 4 is 27.3 Å². The van der Waals surface area contributed by atoms with Crippen LogP contribution in [0.2, 0.25) is 5.02 Å². The van der Waals surface area contributed by atoms with Gasteiger partial charge in [-0.05, 0) is 50.7 Å². The standard InChI is InChI=1S/C20H24ClN3O2S/c1-27(25,26)13-20(9-10-20)12-22-19-16-7-2-3-8-17(16)23-18(24-19)14-5-4-6-15(21)11-14/h4-6,11H,2-3,7-10,12-13H2,1H3,(H,22,23,24). The number of fused-ring (bicyclic) bond motifs is 1. The number of aromatic nitrogens is 2. The van der Waals surface area contributed by atoms with Gasteiger partial charge in [0.15, 0.2) is 5.82 Å². The van der Waals surface area contributed by atoms with E-state index in [1.54, 1.807) is 0 Å². The molecule has 1 aromatic carbocycles. The van der Waals surface area contributed by atoms with E-state index in [0.717, 1.165) is 55.6 Å². The molecule has 0 aliphatic heterocycles. The normalized spacial score (nSPS) is 18.0. The summed E-state index contributed by atoms with van der Waals surface area (Å²) in [6.07, 6.45) is 7.40. The van der Waals surface area contributed by atoms with Crippen LogP contribution in [-0.4, -0.2) is 36.9 Å². The lowest BCUT2D eigenvalue weighted by Gasteiger charge is -2.22. The summed E-state index contributed by atoms with van der Waals surface area (Å²) in [6, 6.07) is 7.58. The molecule has 0 amide bonds. The highest BCUT2D eigenvalue weighted by molar-refractivity contribution is 7.90. The number of sulfone groups is 1. The van der Waals surface area contributed by atoms with Gasteiger partial charge in [-0.3, -0.25) is 0 Å². The Hall–Kier alpha value is -1.66. The molecule has 0 saturated heterocycles. The highest BCUT2D eigenvalue weighted by Gasteiger charge is 2.45. The number of halogens is 1. The molecule has 27 heavy (non-hydrogen) atoms. The summed E-state index contributed by atoms with van der Waals surface area (Å²) in [5, 5.41) is 4.13. The van der Waals surface area contributed by atoms with Gasteiger partial charge in [-0.2, -0.15) is 0 Å². The highest BCUT2D eigenvalue weighted by atomic mass is 35.5. The predicted molar refractivity (Wildman–Crippen MR) is 109 cm³/mol. The Labute approximate surface area is 165 Å². The second-order valence-corrected chi connectivity index (χ2v) is 10.5. The quantitative estimate of drug-likeness (QED) is 0.788. The van der Waals surface area contributed by atoms with Gasteiger partial charge < -0.3 is 5.32 Å². The fourth-order valence-electron chi connectivity index (χ4n) is 3.87. The van der Waals surface area contributed by atoms with Gasteiger partial charge in [0, 0.05) is 40.1 Å². The average Bonchev–Trinajstić information content (AvgIpc) is 3.37. The monoisotopic (exact) mass is 405 g/mol. The maximum Gasteiger partial charge on any atom is 0.161 e. The van der Waals surface area contributed by atoms with Crippen molar-refractivity contribution in [1.82, 2.24) is 9.97 Å². The summed E-state index contributed by atoms with van der Waals surface area (Å²) >= 11 is 6.14. The fourth-order valence-corrected chi connectivity index (χ4v) is 5.57. The molecule has 1 saturated carbocycles. The second-order valence-electron chi connectivity index (χ2n) is 7.96. The lowest BCUT2D eigenvalue weighted by Crippen LogP contribution is -2.25. The highest BCUT2D eigenvalue weighted by Crippen LogP contribution is 2.47. The van der Waals surface area contributed by atoms with E-state index < -0.39 is 9.84 Å². The van der Waals surface area contributed by atoms with Crippen molar-refractivity contribution in [2.45, 2.75) is 38.5 Å². The molecule has 2 aliphatic rings. The van der Waals surface area contributed by atoms with Crippen molar-refractivity contribution < 1.29 is 8.42 Å². The molecule has 2 aliphatic carbocycles. The smallest absolute Gasteiger partial charge is 0.161 e. The van der Waals surface area contributed by atoms with Gasteiger partial charge in [0.25, 0.3) is 0 Å². The third-order valence-electron chi connectivity index (χ3n) is 5.42. The number of hydrogen-bond donors (Lipinski definition) is 1. The summed E-state index contributed by atoms with van der Waals surface area (Å²) in [4.78, 5) is 9.59. The maximum atomic E-state index is 11.7. The first-order valence-corrected chi connectivity index (χ1v) is 11.8. The molecule has 0 spiro atoms. The summed E-state index contributed by atoms with van der Waals surface area (Å²) in [6.45, 7) is 0.637. The van der Waals surface area contributed by atoms with Gasteiger partial charge in [-0.25, -0.2) is 18.4 Å². The molecule has 1 aromatic heterocycles. The van der Waals surface area contributed by atoms with Crippen molar-refractivity contribution in [3.05, 3.63) is 40.5 Å². The maximum absolute atomic E-state index is 11.7. The van der Waals surface area contributed by atoms with Gasteiger partial charge in [0.1, 0.15) is 15.7 Å². The van der Waals surface area contributed by atoms with E-state index >= 15 is 0 Å². The molecule has 1 heterocycles. The molecule has 0 unspecified atom stereocenters. The number of anilines is 1. The van der Waals surface area contributed by atoms with Crippen molar-refractivity contribution in [3.63, 3.8) is 0 Å². The first kappa shape index (κ1) is 18.7. The third kappa shape index (κ3) is 4.43. The van der Waals surface area contributed by atoms with Crippen molar-refractivity contribution in [2.75, 3.05) is 23.9 Å². The number of rotatable bonds is 6. The Bertz CT molecular complexity index is 971. The van der Waals surface area contributed by atoms with Crippen LogP contribution >= 0.6 is 11.6 Å². The fraction of sp³-hybridized carbons (Fsp3) is 0.500. The SMILES string of the molecule is CS(=O)(=O)CC1(CNc2nc(-c3cccc(Cl)c3)nc3c2CCCC3)CC1. The average molecular weight is 406 g/mol. The van der Waals surface area contributed by atoms with Crippen LogP contribution in [0.4, 0.5) is 5.82 Å². The zero-order valence-corrected chi connectivity index (χ0v) is 17.0. The van der Waals surface area contributed by atoms with E-state index in [4.69, 9.17) is 21.6 Å². The Morgan fingerprint density at radius 3 is 2.67 bits per heavy atom. The lowest BCUT2D eigenvalue weighted by molar-refractivity contribution is 0.559. The second kappa shape index (κ2) is 7.06.